The van der Waals surface area contributed by atoms with Crippen molar-refractivity contribution >= 4 is 11.9 Å². The summed E-state index contributed by atoms with van der Waals surface area (Å²) < 4.78 is 60.5. The molecule has 2 aromatic carbocycles. The molecular weight excluding hydrogens is 374 g/mol. The third kappa shape index (κ3) is 3.70. The van der Waals surface area contributed by atoms with E-state index in [1.54, 1.807) is 6.19 Å². The number of hydrogen-bond acceptors (Lipinski definition) is 6. The summed E-state index contributed by atoms with van der Waals surface area (Å²) in [5.74, 6) is -2.42. The van der Waals surface area contributed by atoms with Crippen LogP contribution in [0.4, 0.5) is 17.6 Å². The van der Waals surface area contributed by atoms with E-state index in [0.29, 0.717) is 11.0 Å². The van der Waals surface area contributed by atoms with Gasteiger partial charge in [0.05, 0.1) is 18.2 Å². The molecular formula is C16H11F4N3O2S. The van der Waals surface area contributed by atoms with E-state index >= 15 is 0 Å². The number of nitrogens with one attached hydrogen (secondary N) is 1. The Hall–Kier alpha value is -2.48. The molecule has 26 heavy (non-hydrogen) atoms. The third-order valence-electron chi connectivity index (χ3n) is 3.54. The Labute approximate surface area is 149 Å². The topological polar surface area (TPSA) is 68.5 Å². The highest BCUT2D eigenvalue weighted by atomic mass is 32.2. The van der Waals surface area contributed by atoms with Gasteiger partial charge in [0.2, 0.25) is 0 Å². The van der Waals surface area contributed by atoms with Crippen molar-refractivity contribution in [3.63, 3.8) is 0 Å². The van der Waals surface area contributed by atoms with Crippen LogP contribution in [0.5, 0.6) is 11.5 Å². The molecule has 0 saturated carbocycles. The number of alkyl halides is 2. The van der Waals surface area contributed by atoms with Gasteiger partial charge in [0, 0.05) is 28.7 Å². The fourth-order valence-electron chi connectivity index (χ4n) is 2.58. The van der Waals surface area contributed by atoms with E-state index < -0.39 is 29.7 Å². The number of halogens is 4. The Kier molecular flexibility index (Phi) is 5.22. The number of ether oxygens (including phenoxy) is 1. The largest absolute Gasteiger partial charge is 0.457 e. The average molecular weight is 385 g/mol. The molecule has 0 bridgehead atoms. The number of aliphatic hydroxyl groups excluding tert-OH is 1. The van der Waals surface area contributed by atoms with Crippen LogP contribution >= 0.6 is 11.9 Å². The molecule has 0 spiro atoms. The molecule has 10 heteroatoms. The number of fused-ring (bicyclic) bond motifs is 1. The van der Waals surface area contributed by atoms with E-state index in [-0.39, 0.29) is 23.6 Å². The number of nitrogens with zero attached hydrogens (tertiary/aromatic N) is 2. The molecule has 1 atom stereocenters. The summed E-state index contributed by atoms with van der Waals surface area (Å²) in [6.45, 7) is -0.122. The molecule has 1 aliphatic rings. The van der Waals surface area contributed by atoms with Crippen LogP contribution in [0.15, 0.2) is 35.2 Å². The van der Waals surface area contributed by atoms with Gasteiger partial charge in [-0.25, -0.2) is 23.0 Å². The summed E-state index contributed by atoms with van der Waals surface area (Å²) in [4.78, 5) is 0.305. The molecule has 0 fully saturated rings. The lowest BCUT2D eigenvalue weighted by Crippen LogP contribution is -2.35. The lowest BCUT2D eigenvalue weighted by atomic mass is 10.0. The van der Waals surface area contributed by atoms with Crippen molar-refractivity contribution in [2.75, 3.05) is 6.54 Å². The Bertz CT molecular complexity index is 855. The minimum Gasteiger partial charge on any atom is -0.457 e. The summed E-state index contributed by atoms with van der Waals surface area (Å²) in [5, 5.41) is 18.9. The van der Waals surface area contributed by atoms with Crippen LogP contribution in [0.25, 0.3) is 0 Å². The van der Waals surface area contributed by atoms with Crippen LogP contribution in [0.1, 0.15) is 23.7 Å². The van der Waals surface area contributed by atoms with E-state index in [4.69, 9.17) is 10.00 Å². The zero-order chi connectivity index (χ0) is 18.8. The lowest BCUT2D eigenvalue weighted by Gasteiger charge is -2.31. The first-order chi connectivity index (χ1) is 12.4. The van der Waals surface area contributed by atoms with Crippen LogP contribution in [-0.2, 0) is 0 Å². The molecule has 3 rings (SSSR count). The quantitative estimate of drug-likeness (QED) is 0.358. The highest BCUT2D eigenvalue weighted by Crippen LogP contribution is 2.45. The van der Waals surface area contributed by atoms with Crippen molar-refractivity contribution < 1.29 is 27.4 Å². The number of aliphatic hydroxyl groups is 1. The summed E-state index contributed by atoms with van der Waals surface area (Å²) in [6.07, 6.45) is -2.63. The fraction of sp³-hybridized carbons (Fsp3) is 0.188. The van der Waals surface area contributed by atoms with Gasteiger partial charge in [0.25, 0.3) is 6.43 Å². The van der Waals surface area contributed by atoms with E-state index in [9.17, 15) is 22.7 Å². The van der Waals surface area contributed by atoms with E-state index in [1.165, 1.54) is 16.5 Å². The first-order valence-corrected chi connectivity index (χ1v) is 8.03. The van der Waals surface area contributed by atoms with Crippen LogP contribution in [0, 0.1) is 23.1 Å². The Balaban J connectivity index is 2.03. The van der Waals surface area contributed by atoms with E-state index in [0.717, 1.165) is 24.1 Å². The normalized spacial score (nSPS) is 16.9. The average Bonchev–Trinajstić information content (AvgIpc) is 2.54. The van der Waals surface area contributed by atoms with E-state index in [2.05, 4.69) is 5.43 Å². The number of β-amino-alcohol motifs (C(OH)–C–C–N with tert-alkyl or cyclic N) is 1. The number of hydrazine groups is 1. The molecule has 0 radical (unpaired) electrons. The SMILES string of the molecule is N#CNN1CC(O)c2c(ccc(Oc3cc(F)cc(F)c3)c2C(F)F)S1. The predicted octanol–water partition coefficient (Wildman–Crippen LogP) is 4.04. The summed E-state index contributed by atoms with van der Waals surface area (Å²) in [5.41, 5.74) is 1.70. The second-order valence-corrected chi connectivity index (χ2v) is 6.35. The van der Waals surface area contributed by atoms with E-state index in [1.807, 2.05) is 0 Å². The molecule has 1 aliphatic heterocycles. The van der Waals surface area contributed by atoms with Gasteiger partial charge in [0.15, 0.2) is 6.19 Å². The highest BCUT2D eigenvalue weighted by molar-refractivity contribution is 7.97. The molecule has 2 N–H and O–H groups in total. The molecule has 5 nitrogen and oxygen atoms in total. The molecule has 1 heterocycles. The van der Waals surface area contributed by atoms with Gasteiger partial charge >= 0.3 is 0 Å². The number of benzene rings is 2. The first-order valence-electron chi connectivity index (χ1n) is 7.26. The Morgan fingerprint density at radius 1 is 1.27 bits per heavy atom. The smallest absolute Gasteiger partial charge is 0.267 e. The van der Waals surface area contributed by atoms with Gasteiger partial charge in [0.1, 0.15) is 23.1 Å². The van der Waals surface area contributed by atoms with Gasteiger partial charge < -0.3 is 9.84 Å². The summed E-state index contributed by atoms with van der Waals surface area (Å²) in [6, 6.07) is 5.00. The molecule has 2 aromatic rings. The second kappa shape index (κ2) is 7.41. The van der Waals surface area contributed by atoms with Crippen molar-refractivity contribution in [2.24, 2.45) is 0 Å². The maximum atomic E-state index is 13.7. The number of hydrogen-bond donors (Lipinski definition) is 2. The minimum atomic E-state index is -3.00. The van der Waals surface area contributed by atoms with Crippen LogP contribution in [0.2, 0.25) is 0 Å². The van der Waals surface area contributed by atoms with Gasteiger partial charge in [-0.05, 0) is 24.1 Å². The van der Waals surface area contributed by atoms with Gasteiger partial charge in [-0.3, -0.25) is 0 Å². The number of nitriles is 1. The van der Waals surface area contributed by atoms with Crippen molar-refractivity contribution in [3.8, 4) is 17.7 Å². The molecule has 0 aliphatic carbocycles. The summed E-state index contributed by atoms with van der Waals surface area (Å²) in [7, 11) is 0. The maximum Gasteiger partial charge on any atom is 0.267 e. The zero-order valence-corrected chi connectivity index (χ0v) is 13.7. The van der Waals surface area contributed by atoms with Gasteiger partial charge in [-0.15, -0.1) is 0 Å². The standard InChI is InChI=1S/C16H11F4N3O2S/c17-8-3-9(18)5-10(4-8)25-12-1-2-13-14(15(12)16(19)20)11(24)6-23(26-13)22-7-21/h1-5,11,16,22,24H,6H2. The molecule has 136 valence electrons. The van der Waals surface area contributed by atoms with Crippen molar-refractivity contribution in [3.05, 3.63) is 53.1 Å². The third-order valence-corrected chi connectivity index (χ3v) is 4.56. The summed E-state index contributed by atoms with van der Waals surface area (Å²) >= 11 is 0.968. The molecule has 1 unspecified atom stereocenters. The van der Waals surface area contributed by atoms with Gasteiger partial charge in [-0.1, -0.05) is 0 Å². The van der Waals surface area contributed by atoms with Gasteiger partial charge in [-0.2, -0.15) is 9.68 Å². The minimum absolute atomic E-state index is 0.0460. The first kappa shape index (κ1) is 18.3. The van der Waals surface area contributed by atoms with Crippen LogP contribution in [-0.4, -0.2) is 16.1 Å². The number of rotatable bonds is 4. The van der Waals surface area contributed by atoms with Crippen molar-refractivity contribution in [2.45, 2.75) is 17.4 Å². The van der Waals surface area contributed by atoms with Crippen molar-refractivity contribution in [1.29, 1.82) is 5.26 Å². The molecule has 0 aromatic heterocycles. The van der Waals surface area contributed by atoms with Crippen LogP contribution < -0.4 is 10.2 Å². The zero-order valence-electron chi connectivity index (χ0n) is 12.9. The highest BCUT2D eigenvalue weighted by Gasteiger charge is 2.32. The Morgan fingerprint density at radius 3 is 2.58 bits per heavy atom. The fourth-order valence-corrected chi connectivity index (χ4v) is 3.59. The molecule has 0 saturated heterocycles. The Morgan fingerprint density at radius 2 is 1.96 bits per heavy atom. The van der Waals surface area contributed by atoms with Crippen LogP contribution in [0.3, 0.4) is 0 Å². The lowest BCUT2D eigenvalue weighted by molar-refractivity contribution is 0.115. The van der Waals surface area contributed by atoms with Crippen molar-refractivity contribution in [1.82, 2.24) is 9.84 Å². The maximum absolute atomic E-state index is 13.7. The monoisotopic (exact) mass is 385 g/mol. The predicted molar refractivity (Wildman–Crippen MR) is 84.1 cm³/mol. The molecule has 0 amide bonds. The second-order valence-electron chi connectivity index (χ2n) is 5.29.